The maximum Gasteiger partial charge on any atom is 0.309 e. The number of carboxylic acid groups (broad SMARTS) is 1. The molecule has 1 aromatic rings. The molecule has 7 nitrogen and oxygen atoms in total. The van der Waals surface area contributed by atoms with Gasteiger partial charge in [-0.05, 0) is 6.92 Å². The maximum absolute atomic E-state index is 11.6. The fraction of sp³-hybridized carbons (Fsp3) is 0.556. The number of hydrogen-bond acceptors (Lipinski definition) is 6. The van der Waals surface area contributed by atoms with Crippen LogP contribution in [0.2, 0.25) is 0 Å². The van der Waals surface area contributed by atoms with Gasteiger partial charge in [-0.1, -0.05) is 0 Å². The Hall–Kier alpha value is -1.19. The highest BCUT2D eigenvalue weighted by molar-refractivity contribution is 7.92. The van der Waals surface area contributed by atoms with Crippen molar-refractivity contribution < 1.29 is 23.1 Å². The van der Waals surface area contributed by atoms with E-state index in [-0.39, 0.29) is 23.9 Å². The van der Waals surface area contributed by atoms with Gasteiger partial charge < -0.3 is 9.84 Å². The Balaban J connectivity index is 2.55. The number of anilines is 1. The Bertz CT molecular complexity index is 497. The summed E-state index contributed by atoms with van der Waals surface area (Å²) in [5, 5.41) is 10.2. The van der Waals surface area contributed by atoms with Crippen LogP contribution in [0.25, 0.3) is 0 Å². The molecular formula is C9H14N2O5S2. The molecule has 0 bridgehead atoms. The lowest BCUT2D eigenvalue weighted by Gasteiger charge is -2.04. The molecule has 0 spiro atoms. The summed E-state index contributed by atoms with van der Waals surface area (Å²) in [6, 6.07) is 0. The van der Waals surface area contributed by atoms with Crippen molar-refractivity contribution in [1.82, 2.24) is 4.98 Å². The highest BCUT2D eigenvalue weighted by atomic mass is 32.2. The van der Waals surface area contributed by atoms with Crippen molar-refractivity contribution in [2.24, 2.45) is 0 Å². The number of nitrogens with zero attached hydrogens (tertiary/aromatic N) is 1. The minimum atomic E-state index is -3.50. The standard InChI is InChI=1S/C9H14N2O5S2/c1-2-16-3-4-18(14,15)11-9-10-7(6-17-9)5-8(12)13/h6H,2-5H2,1H3,(H,10,11)(H,12,13). The Morgan fingerprint density at radius 3 is 2.94 bits per heavy atom. The van der Waals surface area contributed by atoms with Crippen LogP contribution >= 0.6 is 11.3 Å². The van der Waals surface area contributed by atoms with Gasteiger partial charge in [0.05, 0.1) is 24.5 Å². The Kier molecular flexibility index (Phi) is 5.51. The number of aromatic nitrogens is 1. The summed E-state index contributed by atoms with van der Waals surface area (Å²) in [5.74, 6) is -1.17. The van der Waals surface area contributed by atoms with Crippen LogP contribution in [0.5, 0.6) is 0 Å². The van der Waals surface area contributed by atoms with Crippen LogP contribution in [-0.2, 0) is 26.0 Å². The summed E-state index contributed by atoms with van der Waals surface area (Å²) < 4.78 is 30.4. The van der Waals surface area contributed by atoms with Gasteiger partial charge in [-0.25, -0.2) is 13.4 Å². The van der Waals surface area contributed by atoms with Crippen LogP contribution in [0.15, 0.2) is 5.38 Å². The zero-order valence-electron chi connectivity index (χ0n) is 9.75. The molecule has 1 heterocycles. The first-order valence-corrected chi connectivity index (χ1v) is 7.70. The summed E-state index contributed by atoms with van der Waals surface area (Å²) in [6.45, 7) is 2.34. The van der Waals surface area contributed by atoms with Crippen molar-refractivity contribution in [1.29, 1.82) is 0 Å². The van der Waals surface area contributed by atoms with Crippen molar-refractivity contribution in [3.8, 4) is 0 Å². The Morgan fingerprint density at radius 1 is 1.61 bits per heavy atom. The number of carbonyl (C=O) groups is 1. The second kappa shape index (κ2) is 6.66. The smallest absolute Gasteiger partial charge is 0.309 e. The van der Waals surface area contributed by atoms with Crippen LogP contribution in [0.4, 0.5) is 5.13 Å². The second-order valence-corrected chi connectivity index (χ2v) is 6.03. The molecule has 2 N–H and O–H groups in total. The lowest BCUT2D eigenvalue weighted by molar-refractivity contribution is -0.136. The minimum Gasteiger partial charge on any atom is -0.481 e. The normalized spacial score (nSPS) is 11.4. The Labute approximate surface area is 109 Å². The second-order valence-electron chi connectivity index (χ2n) is 3.33. The SMILES string of the molecule is CCOCCS(=O)(=O)Nc1nc(CC(=O)O)cs1. The van der Waals surface area contributed by atoms with E-state index in [0.717, 1.165) is 11.3 Å². The molecule has 0 aliphatic heterocycles. The third-order valence-electron chi connectivity index (χ3n) is 1.83. The number of carboxylic acids is 1. The third kappa shape index (κ3) is 5.43. The van der Waals surface area contributed by atoms with Crippen molar-refractivity contribution in [2.45, 2.75) is 13.3 Å². The predicted molar refractivity (Wildman–Crippen MR) is 67.4 cm³/mol. The highest BCUT2D eigenvalue weighted by Crippen LogP contribution is 2.17. The van der Waals surface area contributed by atoms with Gasteiger partial charge in [-0.15, -0.1) is 11.3 Å². The molecule has 18 heavy (non-hydrogen) atoms. The molecule has 1 aromatic heterocycles. The van der Waals surface area contributed by atoms with E-state index in [1.165, 1.54) is 5.38 Å². The van der Waals surface area contributed by atoms with Crippen molar-refractivity contribution in [3.63, 3.8) is 0 Å². The van der Waals surface area contributed by atoms with Crippen LogP contribution in [0, 0.1) is 0 Å². The molecule has 0 fully saturated rings. The monoisotopic (exact) mass is 294 g/mol. The Morgan fingerprint density at radius 2 is 2.33 bits per heavy atom. The molecule has 1 rings (SSSR count). The number of ether oxygens (including phenoxy) is 1. The number of aliphatic carboxylic acids is 1. The largest absolute Gasteiger partial charge is 0.481 e. The van der Waals surface area contributed by atoms with E-state index in [9.17, 15) is 13.2 Å². The van der Waals surface area contributed by atoms with E-state index in [1.807, 2.05) is 0 Å². The minimum absolute atomic E-state index is 0.110. The average Bonchev–Trinajstić information content (AvgIpc) is 2.63. The molecular weight excluding hydrogens is 280 g/mol. The van der Waals surface area contributed by atoms with E-state index in [1.54, 1.807) is 6.92 Å². The topological polar surface area (TPSA) is 106 Å². The number of nitrogens with one attached hydrogen (secondary N) is 1. The van der Waals surface area contributed by atoms with Gasteiger partial charge >= 0.3 is 5.97 Å². The van der Waals surface area contributed by atoms with Gasteiger partial charge in [0.1, 0.15) is 0 Å². The lowest BCUT2D eigenvalue weighted by atomic mass is 10.3. The van der Waals surface area contributed by atoms with Gasteiger partial charge in [0.25, 0.3) is 0 Å². The number of thiazole rings is 1. The summed E-state index contributed by atoms with van der Waals surface area (Å²) in [5.41, 5.74) is 0.329. The lowest BCUT2D eigenvalue weighted by Crippen LogP contribution is -2.20. The number of rotatable bonds is 8. The highest BCUT2D eigenvalue weighted by Gasteiger charge is 2.13. The van der Waals surface area contributed by atoms with Crippen molar-refractivity contribution in [3.05, 3.63) is 11.1 Å². The fourth-order valence-electron chi connectivity index (χ4n) is 1.09. The average molecular weight is 294 g/mol. The van der Waals surface area contributed by atoms with Crippen LogP contribution < -0.4 is 4.72 Å². The maximum atomic E-state index is 11.6. The van der Waals surface area contributed by atoms with Gasteiger partial charge in [-0.3, -0.25) is 9.52 Å². The molecule has 0 amide bonds. The zero-order chi connectivity index (χ0) is 13.6. The molecule has 9 heteroatoms. The predicted octanol–water partition coefficient (Wildman–Crippen LogP) is 0.548. The number of hydrogen-bond donors (Lipinski definition) is 2. The van der Waals surface area contributed by atoms with Crippen molar-refractivity contribution >= 4 is 32.5 Å². The van der Waals surface area contributed by atoms with Crippen LogP contribution in [-0.4, -0.2) is 43.4 Å². The van der Waals surface area contributed by atoms with E-state index in [4.69, 9.17) is 9.84 Å². The summed E-state index contributed by atoms with van der Waals surface area (Å²) in [6.07, 6.45) is -0.225. The molecule has 0 saturated heterocycles. The van der Waals surface area contributed by atoms with Gasteiger partial charge in [0.2, 0.25) is 10.0 Å². The molecule has 0 radical (unpaired) electrons. The quantitative estimate of drug-likeness (QED) is 0.678. The third-order valence-corrected chi connectivity index (χ3v) is 3.97. The zero-order valence-corrected chi connectivity index (χ0v) is 11.4. The summed E-state index contributed by atoms with van der Waals surface area (Å²) in [7, 11) is -3.50. The molecule has 0 aliphatic rings. The number of sulfonamides is 1. The van der Waals surface area contributed by atoms with Crippen LogP contribution in [0.3, 0.4) is 0 Å². The summed E-state index contributed by atoms with van der Waals surface area (Å²) >= 11 is 1.05. The first-order chi connectivity index (χ1) is 8.43. The fourth-order valence-corrected chi connectivity index (χ4v) is 2.97. The van der Waals surface area contributed by atoms with Gasteiger partial charge in [0.15, 0.2) is 5.13 Å². The molecule has 0 unspecified atom stereocenters. The molecule has 0 saturated carbocycles. The molecule has 0 atom stereocenters. The summed E-state index contributed by atoms with van der Waals surface area (Å²) in [4.78, 5) is 14.3. The van der Waals surface area contributed by atoms with E-state index >= 15 is 0 Å². The molecule has 0 aromatic carbocycles. The van der Waals surface area contributed by atoms with E-state index in [0.29, 0.717) is 12.3 Å². The van der Waals surface area contributed by atoms with E-state index in [2.05, 4.69) is 9.71 Å². The first-order valence-electron chi connectivity index (χ1n) is 5.17. The van der Waals surface area contributed by atoms with Crippen molar-refractivity contribution in [2.75, 3.05) is 23.7 Å². The molecule has 102 valence electrons. The van der Waals surface area contributed by atoms with E-state index < -0.39 is 16.0 Å². The van der Waals surface area contributed by atoms with Gasteiger partial charge in [0, 0.05) is 12.0 Å². The first kappa shape index (κ1) is 14.9. The molecule has 0 aliphatic carbocycles. The van der Waals surface area contributed by atoms with Crippen LogP contribution in [0.1, 0.15) is 12.6 Å². The van der Waals surface area contributed by atoms with Gasteiger partial charge in [-0.2, -0.15) is 0 Å².